The largest absolute Gasteiger partial charge is 0.493 e. The van der Waals surface area contributed by atoms with Crippen molar-refractivity contribution in [2.24, 2.45) is 0 Å². The van der Waals surface area contributed by atoms with E-state index in [4.69, 9.17) is 35.0 Å². The lowest BCUT2D eigenvalue weighted by Crippen LogP contribution is -2.29. The van der Waals surface area contributed by atoms with Gasteiger partial charge in [-0.2, -0.15) is 0 Å². The van der Waals surface area contributed by atoms with Gasteiger partial charge in [0.15, 0.2) is 17.1 Å². The number of rotatable bonds is 5. The summed E-state index contributed by atoms with van der Waals surface area (Å²) in [6, 6.07) is 3.34. The fourth-order valence-electron chi connectivity index (χ4n) is 2.50. The van der Waals surface area contributed by atoms with Gasteiger partial charge < -0.3 is 23.4 Å². The number of benzene rings is 1. The molecule has 3 rings (SSSR count). The standard InChI is InChI=1S/C15H17ClN2O5/c1-19-11-6-9(10(16)7-12(11)20-2)13-17-18-14(23-13)15(21-3)4-5-22-8-15/h6-7H,4-5,8H2,1-3H3. The summed E-state index contributed by atoms with van der Waals surface area (Å²) in [7, 11) is 4.69. The maximum absolute atomic E-state index is 6.29. The van der Waals surface area contributed by atoms with Crippen LogP contribution in [0.3, 0.4) is 0 Å². The summed E-state index contributed by atoms with van der Waals surface area (Å²) in [6.45, 7) is 0.966. The minimum absolute atomic E-state index is 0.286. The van der Waals surface area contributed by atoms with Crippen molar-refractivity contribution in [2.75, 3.05) is 34.5 Å². The van der Waals surface area contributed by atoms with E-state index in [0.29, 0.717) is 47.6 Å². The highest BCUT2D eigenvalue weighted by molar-refractivity contribution is 6.33. The molecule has 8 heteroatoms. The fraction of sp³-hybridized carbons (Fsp3) is 0.467. The Labute approximate surface area is 138 Å². The van der Waals surface area contributed by atoms with Crippen LogP contribution in [0.4, 0.5) is 0 Å². The van der Waals surface area contributed by atoms with Gasteiger partial charge in [-0.1, -0.05) is 11.6 Å². The molecule has 1 fully saturated rings. The molecule has 1 aromatic carbocycles. The molecule has 1 unspecified atom stereocenters. The van der Waals surface area contributed by atoms with Crippen molar-refractivity contribution in [3.63, 3.8) is 0 Å². The van der Waals surface area contributed by atoms with E-state index in [1.165, 1.54) is 0 Å². The Morgan fingerprint density at radius 2 is 1.87 bits per heavy atom. The summed E-state index contributed by atoms with van der Waals surface area (Å²) in [5.74, 6) is 1.71. The molecule has 1 aliphatic rings. The number of halogens is 1. The van der Waals surface area contributed by atoms with Crippen molar-refractivity contribution in [3.05, 3.63) is 23.0 Å². The molecular formula is C15H17ClN2O5. The molecule has 0 aliphatic carbocycles. The van der Waals surface area contributed by atoms with Crippen LogP contribution in [-0.2, 0) is 15.1 Å². The number of ether oxygens (including phenoxy) is 4. The molecule has 1 aliphatic heterocycles. The van der Waals surface area contributed by atoms with E-state index in [2.05, 4.69) is 10.2 Å². The Hall–Kier alpha value is -1.83. The molecule has 23 heavy (non-hydrogen) atoms. The topological polar surface area (TPSA) is 75.8 Å². The van der Waals surface area contributed by atoms with Gasteiger partial charge in [0.05, 0.1) is 38.0 Å². The predicted molar refractivity (Wildman–Crippen MR) is 82.0 cm³/mol. The normalized spacial score (nSPS) is 20.7. The van der Waals surface area contributed by atoms with E-state index < -0.39 is 5.60 Å². The van der Waals surface area contributed by atoms with Crippen LogP contribution < -0.4 is 9.47 Å². The summed E-state index contributed by atoms with van der Waals surface area (Å²) in [5.41, 5.74) is -0.137. The zero-order chi connectivity index (χ0) is 16.4. The first-order valence-corrected chi connectivity index (χ1v) is 7.40. The molecule has 1 atom stereocenters. The second-order valence-electron chi connectivity index (χ2n) is 5.10. The third-order valence-corrected chi connectivity index (χ3v) is 4.21. The van der Waals surface area contributed by atoms with Gasteiger partial charge >= 0.3 is 0 Å². The van der Waals surface area contributed by atoms with Crippen LogP contribution in [0.2, 0.25) is 5.02 Å². The molecule has 0 amide bonds. The second kappa shape index (κ2) is 6.35. The summed E-state index contributed by atoms with van der Waals surface area (Å²) in [4.78, 5) is 0. The number of hydrogen-bond donors (Lipinski definition) is 0. The summed E-state index contributed by atoms with van der Waals surface area (Å²) in [5, 5.41) is 8.61. The molecule has 1 saturated heterocycles. The van der Waals surface area contributed by atoms with Crippen molar-refractivity contribution < 1.29 is 23.4 Å². The number of methoxy groups -OCH3 is 3. The van der Waals surface area contributed by atoms with E-state index >= 15 is 0 Å². The van der Waals surface area contributed by atoms with Crippen LogP contribution in [0.5, 0.6) is 11.5 Å². The zero-order valence-corrected chi connectivity index (χ0v) is 13.8. The van der Waals surface area contributed by atoms with Crippen LogP contribution in [0.25, 0.3) is 11.5 Å². The van der Waals surface area contributed by atoms with Gasteiger partial charge in [-0.05, 0) is 6.07 Å². The van der Waals surface area contributed by atoms with Gasteiger partial charge in [0.2, 0.25) is 5.89 Å². The van der Waals surface area contributed by atoms with E-state index in [0.717, 1.165) is 0 Å². The monoisotopic (exact) mass is 340 g/mol. The van der Waals surface area contributed by atoms with Crippen LogP contribution in [0.15, 0.2) is 16.5 Å². The summed E-state index contributed by atoms with van der Waals surface area (Å²) < 4.78 is 27.2. The maximum Gasteiger partial charge on any atom is 0.251 e. The maximum atomic E-state index is 6.29. The molecular weight excluding hydrogens is 324 g/mol. The first-order valence-electron chi connectivity index (χ1n) is 7.02. The van der Waals surface area contributed by atoms with Crippen molar-refractivity contribution in [2.45, 2.75) is 12.0 Å². The molecule has 1 aromatic heterocycles. The Morgan fingerprint density at radius 1 is 1.13 bits per heavy atom. The molecule has 0 spiro atoms. The van der Waals surface area contributed by atoms with E-state index in [9.17, 15) is 0 Å². The molecule has 0 saturated carbocycles. The third-order valence-electron chi connectivity index (χ3n) is 3.89. The molecule has 2 aromatic rings. The van der Waals surface area contributed by atoms with E-state index in [1.807, 2.05) is 0 Å². The number of aromatic nitrogens is 2. The first-order chi connectivity index (χ1) is 11.1. The SMILES string of the molecule is COc1cc(Cl)c(-c2nnc(C3(OC)CCOC3)o2)cc1OC. The minimum atomic E-state index is -0.700. The van der Waals surface area contributed by atoms with Gasteiger partial charge in [0.1, 0.15) is 0 Å². The smallest absolute Gasteiger partial charge is 0.251 e. The highest BCUT2D eigenvalue weighted by atomic mass is 35.5. The zero-order valence-electron chi connectivity index (χ0n) is 13.1. The molecule has 7 nitrogen and oxygen atoms in total. The average Bonchev–Trinajstić information content (AvgIpc) is 3.24. The lowest BCUT2D eigenvalue weighted by molar-refractivity contribution is -0.0407. The highest BCUT2D eigenvalue weighted by Gasteiger charge is 2.42. The number of hydrogen-bond acceptors (Lipinski definition) is 7. The van der Waals surface area contributed by atoms with Crippen molar-refractivity contribution >= 4 is 11.6 Å². The Bertz CT molecular complexity index is 697. The fourth-order valence-corrected chi connectivity index (χ4v) is 2.73. The highest BCUT2D eigenvalue weighted by Crippen LogP contribution is 2.39. The molecule has 0 bridgehead atoms. The van der Waals surface area contributed by atoms with Crippen LogP contribution >= 0.6 is 11.6 Å². The lowest BCUT2D eigenvalue weighted by Gasteiger charge is -2.20. The summed E-state index contributed by atoms with van der Waals surface area (Å²) in [6.07, 6.45) is 0.658. The van der Waals surface area contributed by atoms with Crippen LogP contribution in [0.1, 0.15) is 12.3 Å². The predicted octanol–water partition coefficient (Wildman–Crippen LogP) is 2.67. The van der Waals surface area contributed by atoms with Crippen molar-refractivity contribution in [1.29, 1.82) is 0 Å². The van der Waals surface area contributed by atoms with Gasteiger partial charge in [-0.3, -0.25) is 0 Å². The second-order valence-corrected chi connectivity index (χ2v) is 5.51. The van der Waals surface area contributed by atoms with Crippen LogP contribution in [0, 0.1) is 0 Å². The summed E-state index contributed by atoms with van der Waals surface area (Å²) >= 11 is 6.29. The Kier molecular flexibility index (Phi) is 4.43. The Balaban J connectivity index is 2.00. The molecule has 2 heterocycles. The van der Waals surface area contributed by atoms with Crippen LogP contribution in [-0.4, -0.2) is 44.7 Å². The molecule has 124 valence electrons. The number of nitrogens with zero attached hydrogens (tertiary/aromatic N) is 2. The first kappa shape index (κ1) is 16.0. The van der Waals surface area contributed by atoms with E-state index in [-0.39, 0.29) is 5.89 Å². The molecule has 0 N–H and O–H groups in total. The Morgan fingerprint density at radius 3 is 2.48 bits per heavy atom. The van der Waals surface area contributed by atoms with Gasteiger partial charge in [-0.15, -0.1) is 10.2 Å². The van der Waals surface area contributed by atoms with Crippen molar-refractivity contribution in [3.8, 4) is 23.0 Å². The molecule has 0 radical (unpaired) electrons. The minimum Gasteiger partial charge on any atom is -0.493 e. The average molecular weight is 341 g/mol. The van der Waals surface area contributed by atoms with Gasteiger partial charge in [-0.25, -0.2) is 0 Å². The third kappa shape index (κ3) is 2.75. The van der Waals surface area contributed by atoms with E-state index in [1.54, 1.807) is 33.5 Å². The van der Waals surface area contributed by atoms with Gasteiger partial charge in [0.25, 0.3) is 5.89 Å². The lowest BCUT2D eigenvalue weighted by atomic mass is 10.0. The van der Waals surface area contributed by atoms with Crippen molar-refractivity contribution in [1.82, 2.24) is 10.2 Å². The quantitative estimate of drug-likeness (QED) is 0.828. The van der Waals surface area contributed by atoms with Gasteiger partial charge in [0, 0.05) is 19.6 Å².